The van der Waals surface area contributed by atoms with Crippen LogP contribution in [0.15, 0.2) is 60.7 Å². The Labute approximate surface area is 273 Å². The average molecular weight is 645 g/mol. The molecule has 3 heterocycles. The number of amides is 2. The molecule has 1 saturated heterocycles. The lowest BCUT2D eigenvalue weighted by Gasteiger charge is -2.45. The number of carbonyl (C=O) groups is 2. The molecule has 3 aromatic rings. The van der Waals surface area contributed by atoms with Gasteiger partial charge in [-0.15, -0.1) is 0 Å². The van der Waals surface area contributed by atoms with Crippen molar-refractivity contribution in [3.05, 3.63) is 77.4 Å². The SMILES string of the molecule is COc1ccc([C@]23Oc4cc5c(c(OC)c4[C@](O)([C@H](C(=O)N4CCC[C@@H]4NC(=O)CC(C)C)[C@H]2c2ccccc2)[C@@H]3O)OCO5)cc1. The fraction of sp³-hybridized carbons (Fsp3) is 0.444. The summed E-state index contributed by atoms with van der Waals surface area (Å²) in [6.07, 6.45) is -0.661. The van der Waals surface area contributed by atoms with Crippen molar-refractivity contribution < 1.29 is 43.5 Å². The normalized spacial score (nSPS) is 28.5. The molecule has 0 radical (unpaired) electrons. The fourth-order valence-electron chi connectivity index (χ4n) is 8.06. The summed E-state index contributed by atoms with van der Waals surface area (Å²) < 4.78 is 29.7. The Morgan fingerprint density at radius 1 is 1.04 bits per heavy atom. The summed E-state index contributed by atoms with van der Waals surface area (Å²) in [4.78, 5) is 29.7. The van der Waals surface area contributed by atoms with Gasteiger partial charge in [-0.1, -0.05) is 56.3 Å². The van der Waals surface area contributed by atoms with Crippen molar-refractivity contribution >= 4 is 11.8 Å². The number of ether oxygens (including phenoxy) is 5. The molecule has 0 unspecified atom stereocenters. The number of hydrogen-bond donors (Lipinski definition) is 3. The molecule has 2 fully saturated rings. The topological polar surface area (TPSA) is 136 Å². The van der Waals surface area contributed by atoms with Crippen LogP contribution >= 0.6 is 0 Å². The van der Waals surface area contributed by atoms with Gasteiger partial charge < -0.3 is 44.1 Å². The van der Waals surface area contributed by atoms with Gasteiger partial charge in [0.1, 0.15) is 29.4 Å². The molecule has 3 N–H and O–H groups in total. The van der Waals surface area contributed by atoms with Crippen LogP contribution in [0.3, 0.4) is 0 Å². The fourth-order valence-corrected chi connectivity index (χ4v) is 8.06. The zero-order valence-electron chi connectivity index (χ0n) is 26.9. The molecule has 1 aliphatic carbocycles. The van der Waals surface area contributed by atoms with Crippen molar-refractivity contribution in [2.75, 3.05) is 27.6 Å². The van der Waals surface area contributed by atoms with Crippen LogP contribution in [0.2, 0.25) is 0 Å². The highest BCUT2D eigenvalue weighted by molar-refractivity contribution is 5.86. The highest BCUT2D eigenvalue weighted by Crippen LogP contribution is 2.70. The molecule has 7 rings (SSSR count). The van der Waals surface area contributed by atoms with Crippen molar-refractivity contribution in [3.63, 3.8) is 0 Å². The number of benzene rings is 3. The molecule has 0 spiro atoms. The molecule has 0 aromatic heterocycles. The lowest BCUT2D eigenvalue weighted by atomic mass is 9.75. The minimum Gasteiger partial charge on any atom is -0.497 e. The second-order valence-electron chi connectivity index (χ2n) is 13.1. The Morgan fingerprint density at radius 3 is 2.47 bits per heavy atom. The summed E-state index contributed by atoms with van der Waals surface area (Å²) in [5.74, 6) is -1.07. The van der Waals surface area contributed by atoms with Gasteiger partial charge in [-0.05, 0) is 42.0 Å². The standard InChI is InChI=1S/C36H40N2O9/c1-20(2)17-27(39)37-26-11-8-16-38(26)33(40)30-28(21-9-6-5-7-10-21)36(22-12-14-23(43-3)15-13-22)34(41)35(30,42)29-24(47-36)18-25-31(32(29)44-4)46-19-45-25/h5-7,9-10,12-15,18,20,26,28,30,34,41-42H,8,11,16-17,19H2,1-4H3,(H,37,39)/t26-,28-,30+,34+,35+,36+/m1/s1. The second kappa shape index (κ2) is 11.6. The summed E-state index contributed by atoms with van der Waals surface area (Å²) in [7, 11) is 2.99. The maximum absolute atomic E-state index is 15.2. The number of carbonyl (C=O) groups excluding carboxylic acids is 2. The average Bonchev–Trinajstić information content (AvgIpc) is 3.76. The number of likely N-dealkylation sites (tertiary alicyclic amines) is 1. The molecule has 11 nitrogen and oxygen atoms in total. The van der Waals surface area contributed by atoms with E-state index in [2.05, 4.69) is 5.32 Å². The molecule has 47 heavy (non-hydrogen) atoms. The smallest absolute Gasteiger partial charge is 0.231 e. The first-order chi connectivity index (χ1) is 22.6. The predicted molar refractivity (Wildman–Crippen MR) is 169 cm³/mol. The molecule has 3 aromatic carbocycles. The first-order valence-electron chi connectivity index (χ1n) is 16.0. The minimum atomic E-state index is -2.23. The highest BCUT2D eigenvalue weighted by Gasteiger charge is 2.77. The summed E-state index contributed by atoms with van der Waals surface area (Å²) in [5, 5.41) is 28.9. The van der Waals surface area contributed by atoms with E-state index in [4.69, 9.17) is 23.7 Å². The highest BCUT2D eigenvalue weighted by atomic mass is 16.7. The molecule has 1 saturated carbocycles. The lowest BCUT2D eigenvalue weighted by molar-refractivity contribution is -0.167. The van der Waals surface area contributed by atoms with Gasteiger partial charge in [-0.25, -0.2) is 0 Å². The summed E-state index contributed by atoms with van der Waals surface area (Å²) in [6, 6.07) is 18.0. The van der Waals surface area contributed by atoms with Gasteiger partial charge >= 0.3 is 0 Å². The molecular weight excluding hydrogens is 604 g/mol. The molecular formula is C36H40N2O9. The predicted octanol–water partition coefficient (Wildman–Crippen LogP) is 3.79. The minimum absolute atomic E-state index is 0.0697. The zero-order chi connectivity index (χ0) is 33.1. The number of aliphatic hydroxyl groups is 2. The van der Waals surface area contributed by atoms with Crippen LogP contribution in [0.25, 0.3) is 0 Å². The molecule has 3 aliphatic heterocycles. The second-order valence-corrected chi connectivity index (χ2v) is 13.1. The third kappa shape index (κ3) is 4.62. The number of rotatable bonds is 8. The van der Waals surface area contributed by atoms with Crippen molar-refractivity contribution in [1.29, 1.82) is 0 Å². The zero-order valence-corrected chi connectivity index (χ0v) is 26.9. The van der Waals surface area contributed by atoms with E-state index in [0.29, 0.717) is 48.4 Å². The van der Waals surface area contributed by atoms with Gasteiger partial charge in [-0.3, -0.25) is 9.59 Å². The van der Waals surface area contributed by atoms with E-state index in [9.17, 15) is 15.0 Å². The van der Waals surface area contributed by atoms with Gasteiger partial charge in [0.05, 0.1) is 25.7 Å². The van der Waals surface area contributed by atoms with Crippen LogP contribution in [-0.2, 0) is 20.8 Å². The third-order valence-corrected chi connectivity index (χ3v) is 9.98. The number of nitrogens with one attached hydrogen (secondary N) is 1. The number of fused-ring (bicyclic) bond motifs is 5. The van der Waals surface area contributed by atoms with Gasteiger partial charge in [0.15, 0.2) is 17.1 Å². The van der Waals surface area contributed by atoms with Crippen LogP contribution in [0.5, 0.6) is 28.7 Å². The van der Waals surface area contributed by atoms with Crippen molar-refractivity contribution in [1.82, 2.24) is 10.2 Å². The number of methoxy groups -OCH3 is 2. The van der Waals surface area contributed by atoms with Crippen LogP contribution in [0.1, 0.15) is 55.7 Å². The maximum atomic E-state index is 15.2. The van der Waals surface area contributed by atoms with Crippen molar-refractivity contribution in [2.24, 2.45) is 11.8 Å². The monoisotopic (exact) mass is 644 g/mol. The van der Waals surface area contributed by atoms with Crippen molar-refractivity contribution in [2.45, 2.75) is 62.5 Å². The van der Waals surface area contributed by atoms with Crippen LogP contribution in [0, 0.1) is 11.8 Å². The first-order valence-corrected chi connectivity index (χ1v) is 16.0. The van der Waals surface area contributed by atoms with E-state index in [0.717, 1.165) is 0 Å². The van der Waals surface area contributed by atoms with E-state index in [-0.39, 0.29) is 41.4 Å². The van der Waals surface area contributed by atoms with Crippen LogP contribution in [0.4, 0.5) is 0 Å². The molecule has 2 bridgehead atoms. The van der Waals surface area contributed by atoms with Crippen LogP contribution < -0.4 is 29.0 Å². The van der Waals surface area contributed by atoms with Gasteiger partial charge in [-0.2, -0.15) is 0 Å². The molecule has 4 aliphatic rings. The van der Waals surface area contributed by atoms with Gasteiger partial charge in [0.25, 0.3) is 0 Å². The van der Waals surface area contributed by atoms with Crippen molar-refractivity contribution in [3.8, 4) is 28.7 Å². The van der Waals surface area contributed by atoms with E-state index in [1.165, 1.54) is 7.11 Å². The van der Waals surface area contributed by atoms with Crippen LogP contribution in [-0.4, -0.2) is 66.8 Å². The molecule has 2 amide bonds. The number of nitrogens with zero attached hydrogens (tertiary/aromatic N) is 1. The van der Waals surface area contributed by atoms with Gasteiger partial charge in [0, 0.05) is 24.9 Å². The van der Waals surface area contributed by atoms with E-state index in [1.54, 1.807) is 42.3 Å². The summed E-state index contributed by atoms with van der Waals surface area (Å²) in [6.45, 7) is 4.23. The summed E-state index contributed by atoms with van der Waals surface area (Å²) >= 11 is 0. The Morgan fingerprint density at radius 2 is 1.79 bits per heavy atom. The molecule has 11 heteroatoms. The Balaban J connectivity index is 1.46. The Kier molecular flexibility index (Phi) is 7.71. The third-order valence-electron chi connectivity index (χ3n) is 9.98. The Hall–Kier alpha value is -4.48. The van der Waals surface area contributed by atoms with E-state index >= 15 is 4.79 Å². The first kappa shape index (κ1) is 31.1. The van der Waals surface area contributed by atoms with E-state index < -0.39 is 41.2 Å². The Bertz CT molecular complexity index is 1680. The summed E-state index contributed by atoms with van der Waals surface area (Å²) in [5.41, 5.74) is -2.55. The number of aliphatic hydroxyl groups excluding tert-OH is 1. The quantitative estimate of drug-likeness (QED) is 0.335. The van der Waals surface area contributed by atoms with Gasteiger partial charge in [0.2, 0.25) is 24.4 Å². The maximum Gasteiger partial charge on any atom is 0.231 e. The van der Waals surface area contributed by atoms with E-state index in [1.807, 2.05) is 44.2 Å². The largest absolute Gasteiger partial charge is 0.497 e. The molecule has 248 valence electrons. The molecule has 6 atom stereocenters. The number of hydrogen-bond acceptors (Lipinski definition) is 9. The lowest BCUT2D eigenvalue weighted by Crippen LogP contribution is -2.56.